The third-order valence-electron chi connectivity index (χ3n) is 5.41. The van der Waals surface area contributed by atoms with E-state index in [1.807, 2.05) is 12.1 Å². The molecular formula is C21H22Cl2N2O5S. The summed E-state index contributed by atoms with van der Waals surface area (Å²) in [5.41, 5.74) is 1.37. The summed E-state index contributed by atoms with van der Waals surface area (Å²) in [6.45, 7) is 1.07. The van der Waals surface area contributed by atoms with E-state index in [1.165, 1.54) is 10.4 Å². The monoisotopic (exact) mass is 484 g/mol. The van der Waals surface area contributed by atoms with Gasteiger partial charge in [-0.2, -0.15) is 0 Å². The second-order valence-electron chi connectivity index (χ2n) is 7.59. The minimum absolute atomic E-state index is 0.153. The first-order chi connectivity index (χ1) is 14.8. The van der Waals surface area contributed by atoms with Crippen molar-refractivity contribution in [1.29, 1.82) is 0 Å². The van der Waals surface area contributed by atoms with Crippen molar-refractivity contribution in [3.63, 3.8) is 0 Å². The Morgan fingerprint density at radius 1 is 1.13 bits per heavy atom. The molecule has 0 spiro atoms. The Labute approximate surface area is 191 Å². The first-order valence-corrected chi connectivity index (χ1v) is 12.3. The van der Waals surface area contributed by atoms with Gasteiger partial charge in [-0.05, 0) is 48.2 Å². The molecule has 2 aliphatic heterocycles. The Kier molecular flexibility index (Phi) is 6.62. The van der Waals surface area contributed by atoms with Crippen molar-refractivity contribution in [3.8, 4) is 11.5 Å². The fourth-order valence-electron chi connectivity index (χ4n) is 3.72. The molecule has 7 nitrogen and oxygen atoms in total. The number of benzene rings is 2. The van der Waals surface area contributed by atoms with Crippen molar-refractivity contribution in [1.82, 2.24) is 9.62 Å². The third-order valence-corrected chi connectivity index (χ3v) is 7.79. The topological polar surface area (TPSA) is 84.9 Å². The van der Waals surface area contributed by atoms with Crippen molar-refractivity contribution in [3.05, 3.63) is 57.6 Å². The van der Waals surface area contributed by atoms with Gasteiger partial charge in [0.15, 0.2) is 11.5 Å². The minimum atomic E-state index is -3.62. The number of sulfonamides is 1. The Morgan fingerprint density at radius 3 is 2.74 bits per heavy atom. The molecule has 2 heterocycles. The molecule has 1 saturated heterocycles. The zero-order valence-electron chi connectivity index (χ0n) is 16.6. The molecular weight excluding hydrogens is 463 g/mol. The van der Waals surface area contributed by atoms with E-state index in [0.29, 0.717) is 53.0 Å². The van der Waals surface area contributed by atoms with Crippen molar-refractivity contribution < 1.29 is 22.7 Å². The Balaban J connectivity index is 1.36. The molecule has 2 aromatic carbocycles. The predicted molar refractivity (Wildman–Crippen MR) is 118 cm³/mol. The fraction of sp³-hybridized carbons (Fsp3) is 0.381. The van der Waals surface area contributed by atoms with E-state index in [-0.39, 0.29) is 25.0 Å². The van der Waals surface area contributed by atoms with Gasteiger partial charge in [-0.25, -0.2) is 12.7 Å². The van der Waals surface area contributed by atoms with Crippen LogP contribution in [-0.2, 0) is 27.1 Å². The van der Waals surface area contributed by atoms with Gasteiger partial charge in [-0.3, -0.25) is 4.79 Å². The molecule has 0 unspecified atom stereocenters. The number of amides is 1. The average molecular weight is 485 g/mol. The summed E-state index contributed by atoms with van der Waals surface area (Å²) < 4.78 is 37.9. The zero-order valence-corrected chi connectivity index (χ0v) is 19.0. The number of nitrogens with zero attached hydrogens (tertiary/aromatic N) is 1. The second-order valence-corrected chi connectivity index (χ2v) is 10.4. The molecule has 0 aromatic heterocycles. The lowest BCUT2D eigenvalue weighted by Gasteiger charge is -2.31. The summed E-state index contributed by atoms with van der Waals surface area (Å²) in [6.07, 6.45) is 1.26. The van der Waals surface area contributed by atoms with Crippen molar-refractivity contribution in [2.75, 3.05) is 19.9 Å². The third kappa shape index (κ3) is 5.26. The van der Waals surface area contributed by atoms with Crippen LogP contribution in [0, 0.1) is 5.92 Å². The second kappa shape index (κ2) is 9.24. The van der Waals surface area contributed by atoms with Crippen molar-refractivity contribution in [2.45, 2.75) is 25.1 Å². The van der Waals surface area contributed by atoms with Gasteiger partial charge in [0, 0.05) is 29.7 Å². The Hall–Kier alpha value is -2.00. The molecule has 2 aliphatic rings. The van der Waals surface area contributed by atoms with Crippen LogP contribution < -0.4 is 14.8 Å². The van der Waals surface area contributed by atoms with Gasteiger partial charge in [0.1, 0.15) is 0 Å². The smallest absolute Gasteiger partial charge is 0.231 e. The Bertz CT molecular complexity index is 1090. The number of hydrogen-bond acceptors (Lipinski definition) is 5. The van der Waals surface area contributed by atoms with E-state index in [1.54, 1.807) is 18.2 Å². The first-order valence-electron chi connectivity index (χ1n) is 9.90. The van der Waals surface area contributed by atoms with E-state index < -0.39 is 15.9 Å². The summed E-state index contributed by atoms with van der Waals surface area (Å²) in [5, 5.41) is 3.66. The molecule has 1 N–H and O–H groups in total. The predicted octanol–water partition coefficient (Wildman–Crippen LogP) is 3.58. The maximum Gasteiger partial charge on any atom is 0.231 e. The number of piperidine rings is 1. The van der Waals surface area contributed by atoms with E-state index >= 15 is 0 Å². The number of halogens is 2. The van der Waals surface area contributed by atoms with Gasteiger partial charge < -0.3 is 14.8 Å². The molecule has 1 fully saturated rings. The van der Waals surface area contributed by atoms with Gasteiger partial charge >= 0.3 is 0 Å². The number of carbonyl (C=O) groups excluding carboxylic acids is 1. The lowest BCUT2D eigenvalue weighted by molar-refractivity contribution is -0.126. The van der Waals surface area contributed by atoms with Crippen LogP contribution in [0.5, 0.6) is 11.5 Å². The van der Waals surface area contributed by atoms with Crippen LogP contribution in [-0.4, -0.2) is 38.5 Å². The summed E-state index contributed by atoms with van der Waals surface area (Å²) in [6, 6.07) is 10.2. The minimum Gasteiger partial charge on any atom is -0.454 e. The molecule has 166 valence electrons. The van der Waals surface area contributed by atoms with E-state index in [9.17, 15) is 13.2 Å². The average Bonchev–Trinajstić information content (AvgIpc) is 3.22. The highest BCUT2D eigenvalue weighted by Crippen LogP contribution is 2.32. The quantitative estimate of drug-likeness (QED) is 0.676. The molecule has 0 radical (unpaired) electrons. The number of nitrogens with one attached hydrogen (secondary N) is 1. The van der Waals surface area contributed by atoms with E-state index in [0.717, 1.165) is 5.56 Å². The van der Waals surface area contributed by atoms with Gasteiger partial charge in [0.05, 0.1) is 11.7 Å². The van der Waals surface area contributed by atoms with Crippen LogP contribution in [0.4, 0.5) is 0 Å². The largest absolute Gasteiger partial charge is 0.454 e. The standard InChI is InChI=1S/C21H22Cl2N2O5S/c22-17-5-4-16(18(23)9-17)12-31(27,28)25-7-1-2-15(11-25)21(26)24-10-14-3-6-19-20(8-14)30-13-29-19/h3-6,8-9,15H,1-2,7,10-13H2,(H,24,26)/t15-/m0/s1. The van der Waals surface area contributed by atoms with E-state index in [2.05, 4.69) is 5.32 Å². The molecule has 31 heavy (non-hydrogen) atoms. The molecule has 0 saturated carbocycles. The maximum absolute atomic E-state index is 12.9. The van der Waals surface area contributed by atoms with Crippen molar-refractivity contribution in [2.24, 2.45) is 5.92 Å². The summed E-state index contributed by atoms with van der Waals surface area (Å²) in [4.78, 5) is 12.7. The highest BCUT2D eigenvalue weighted by atomic mass is 35.5. The summed E-state index contributed by atoms with van der Waals surface area (Å²) in [5.74, 6) is 0.543. The highest BCUT2D eigenvalue weighted by molar-refractivity contribution is 7.88. The summed E-state index contributed by atoms with van der Waals surface area (Å²) in [7, 11) is -3.62. The van der Waals surface area contributed by atoms with Crippen LogP contribution in [0.2, 0.25) is 10.0 Å². The number of carbonyl (C=O) groups is 1. The normalized spacial score (nSPS) is 18.7. The van der Waals surface area contributed by atoms with Crippen LogP contribution in [0.15, 0.2) is 36.4 Å². The maximum atomic E-state index is 12.9. The molecule has 0 bridgehead atoms. The van der Waals surface area contributed by atoms with Gasteiger partial charge in [0.25, 0.3) is 0 Å². The summed E-state index contributed by atoms with van der Waals surface area (Å²) >= 11 is 12.0. The van der Waals surface area contributed by atoms with Crippen LogP contribution in [0.25, 0.3) is 0 Å². The lowest BCUT2D eigenvalue weighted by atomic mass is 9.98. The number of rotatable bonds is 6. The number of ether oxygens (including phenoxy) is 2. The van der Waals surface area contributed by atoms with Gasteiger partial charge in [-0.15, -0.1) is 0 Å². The number of hydrogen-bond donors (Lipinski definition) is 1. The van der Waals surface area contributed by atoms with Gasteiger partial charge in [-0.1, -0.05) is 35.3 Å². The molecule has 1 atom stereocenters. The van der Waals surface area contributed by atoms with Crippen LogP contribution in [0.3, 0.4) is 0 Å². The molecule has 4 rings (SSSR count). The fourth-order valence-corrected chi connectivity index (χ4v) is 5.92. The van der Waals surface area contributed by atoms with Crippen LogP contribution >= 0.6 is 23.2 Å². The van der Waals surface area contributed by atoms with Crippen LogP contribution in [0.1, 0.15) is 24.0 Å². The Morgan fingerprint density at radius 2 is 1.94 bits per heavy atom. The van der Waals surface area contributed by atoms with E-state index in [4.69, 9.17) is 32.7 Å². The molecule has 2 aromatic rings. The first kappa shape index (κ1) is 22.2. The lowest BCUT2D eigenvalue weighted by Crippen LogP contribution is -2.45. The molecule has 1 amide bonds. The SMILES string of the molecule is O=C(NCc1ccc2c(c1)OCO2)[C@H]1CCCN(S(=O)(=O)Cc2ccc(Cl)cc2Cl)C1. The number of fused-ring (bicyclic) bond motifs is 1. The highest BCUT2D eigenvalue weighted by Gasteiger charge is 2.32. The molecule has 10 heteroatoms. The zero-order chi connectivity index (χ0) is 22.0. The van der Waals surface area contributed by atoms with Gasteiger partial charge in [0.2, 0.25) is 22.7 Å². The van der Waals surface area contributed by atoms with Crippen molar-refractivity contribution >= 4 is 39.1 Å². The molecule has 0 aliphatic carbocycles.